The lowest BCUT2D eigenvalue weighted by Crippen LogP contribution is -2.06. The van der Waals surface area contributed by atoms with Gasteiger partial charge in [0.2, 0.25) is 5.88 Å². The molecule has 15 heavy (non-hydrogen) atoms. The number of methoxy groups -OCH3 is 1. The quantitative estimate of drug-likeness (QED) is 0.741. The number of aromatic nitrogens is 1. The fourth-order valence-electron chi connectivity index (χ4n) is 1.27. The van der Waals surface area contributed by atoms with Gasteiger partial charge in [-0.1, -0.05) is 6.07 Å². The van der Waals surface area contributed by atoms with Gasteiger partial charge in [-0.2, -0.15) is 0 Å². The minimum atomic E-state index is -2.47. The van der Waals surface area contributed by atoms with Crippen molar-refractivity contribution in [1.29, 1.82) is 0 Å². The summed E-state index contributed by atoms with van der Waals surface area (Å²) in [6.07, 6.45) is -0.736. The SMILES string of the molecule is [2H]C([2H])(O)CC(CC([2H])([2H])O)c1cccc(OC)n1. The third-order valence-electron chi connectivity index (χ3n) is 2.05. The van der Waals surface area contributed by atoms with Crippen molar-refractivity contribution in [2.75, 3.05) is 20.2 Å². The average molecular weight is 215 g/mol. The van der Waals surface area contributed by atoms with Crippen LogP contribution >= 0.6 is 0 Å². The third kappa shape index (κ3) is 3.49. The van der Waals surface area contributed by atoms with E-state index in [4.69, 9.17) is 10.2 Å². The summed E-state index contributed by atoms with van der Waals surface area (Å²) in [5.41, 5.74) is 0.357. The second kappa shape index (κ2) is 6.37. The van der Waals surface area contributed by atoms with Gasteiger partial charge in [0.1, 0.15) is 0 Å². The van der Waals surface area contributed by atoms with Crippen LogP contribution in [0.2, 0.25) is 0 Å². The molecular formula is C11H17NO3. The summed E-state index contributed by atoms with van der Waals surface area (Å²) in [6, 6.07) is 4.81. The molecule has 0 radical (unpaired) electrons. The molecule has 0 amide bonds. The van der Waals surface area contributed by atoms with Crippen LogP contribution in [-0.4, -0.2) is 35.4 Å². The molecule has 1 aromatic heterocycles. The van der Waals surface area contributed by atoms with Crippen LogP contribution in [0.4, 0.5) is 0 Å². The molecule has 1 rings (SSSR count). The Hall–Kier alpha value is -1.13. The molecule has 0 saturated carbocycles. The molecule has 84 valence electrons. The van der Waals surface area contributed by atoms with Crippen LogP contribution in [0.15, 0.2) is 18.2 Å². The molecule has 4 heteroatoms. The van der Waals surface area contributed by atoms with Crippen molar-refractivity contribution in [3.63, 3.8) is 0 Å². The Kier molecular flexibility index (Phi) is 3.06. The van der Waals surface area contributed by atoms with Gasteiger partial charge in [0, 0.05) is 30.8 Å². The van der Waals surface area contributed by atoms with E-state index in [0.717, 1.165) is 0 Å². The molecule has 1 aromatic rings. The summed E-state index contributed by atoms with van der Waals surface area (Å²) in [4.78, 5) is 4.08. The van der Waals surface area contributed by atoms with Crippen LogP contribution in [0.25, 0.3) is 0 Å². The molecule has 4 nitrogen and oxygen atoms in total. The first-order valence-corrected chi connectivity index (χ1v) is 4.56. The van der Waals surface area contributed by atoms with E-state index in [1.54, 1.807) is 18.2 Å². The number of hydrogen-bond donors (Lipinski definition) is 2. The fourth-order valence-corrected chi connectivity index (χ4v) is 1.27. The van der Waals surface area contributed by atoms with E-state index in [1.807, 2.05) is 0 Å². The lowest BCUT2D eigenvalue weighted by atomic mass is 9.98. The minimum Gasteiger partial charge on any atom is -0.481 e. The predicted octanol–water partition coefficient (Wildman–Crippen LogP) is 0.939. The normalized spacial score (nSPS) is 16.5. The highest BCUT2D eigenvalue weighted by atomic mass is 16.5. The molecule has 0 fully saturated rings. The molecule has 0 spiro atoms. The molecule has 0 aliphatic rings. The number of ether oxygens (including phenoxy) is 1. The number of aliphatic hydroxyl groups is 2. The molecule has 0 unspecified atom stereocenters. The van der Waals surface area contributed by atoms with Crippen LogP contribution in [-0.2, 0) is 0 Å². The van der Waals surface area contributed by atoms with Gasteiger partial charge in [0.25, 0.3) is 0 Å². The Morgan fingerprint density at radius 3 is 2.60 bits per heavy atom. The van der Waals surface area contributed by atoms with Crippen LogP contribution < -0.4 is 4.74 Å². The van der Waals surface area contributed by atoms with E-state index in [2.05, 4.69) is 4.98 Å². The maximum absolute atomic E-state index is 9.24. The summed E-state index contributed by atoms with van der Waals surface area (Å²) in [5, 5.41) is 18.5. The molecule has 0 aromatic carbocycles. The monoisotopic (exact) mass is 215 g/mol. The first-order chi connectivity index (χ1) is 8.61. The number of nitrogens with zero attached hydrogens (tertiary/aromatic N) is 1. The van der Waals surface area contributed by atoms with E-state index in [1.165, 1.54) is 7.11 Å². The maximum Gasteiger partial charge on any atom is 0.213 e. The first-order valence-electron chi connectivity index (χ1n) is 6.56. The summed E-state index contributed by atoms with van der Waals surface area (Å²) >= 11 is 0. The van der Waals surface area contributed by atoms with Gasteiger partial charge in [-0.05, 0) is 18.9 Å². The number of rotatable bonds is 6. The zero-order chi connectivity index (χ0) is 14.7. The maximum atomic E-state index is 9.24. The molecule has 1 heterocycles. The van der Waals surface area contributed by atoms with Crippen LogP contribution in [0, 0.1) is 0 Å². The summed E-state index contributed by atoms with van der Waals surface area (Å²) in [6.45, 7) is -4.94. The van der Waals surface area contributed by atoms with Crippen molar-refractivity contribution in [2.45, 2.75) is 18.8 Å². The van der Waals surface area contributed by atoms with Crippen molar-refractivity contribution in [2.24, 2.45) is 0 Å². The van der Waals surface area contributed by atoms with Crippen molar-refractivity contribution < 1.29 is 20.4 Å². The fraction of sp³-hybridized carbons (Fsp3) is 0.545. The second-order valence-electron chi connectivity index (χ2n) is 3.03. The van der Waals surface area contributed by atoms with Crippen LogP contribution in [0.5, 0.6) is 5.88 Å². The van der Waals surface area contributed by atoms with Gasteiger partial charge >= 0.3 is 0 Å². The Bertz CT molecular complexity index is 401. The molecular weight excluding hydrogens is 194 g/mol. The Labute approximate surface area is 95.2 Å². The van der Waals surface area contributed by atoms with E-state index in [0.29, 0.717) is 11.6 Å². The zero-order valence-electron chi connectivity index (χ0n) is 12.5. The molecule has 0 saturated heterocycles. The predicted molar refractivity (Wildman–Crippen MR) is 56.9 cm³/mol. The van der Waals surface area contributed by atoms with Gasteiger partial charge in [-0.25, -0.2) is 4.98 Å². The smallest absolute Gasteiger partial charge is 0.213 e. The highest BCUT2D eigenvalue weighted by molar-refractivity contribution is 5.18. The van der Waals surface area contributed by atoms with E-state index >= 15 is 0 Å². The molecule has 0 bridgehead atoms. The van der Waals surface area contributed by atoms with Gasteiger partial charge in [-0.15, -0.1) is 0 Å². The summed E-state index contributed by atoms with van der Waals surface area (Å²) in [7, 11) is 1.43. The van der Waals surface area contributed by atoms with E-state index in [9.17, 15) is 10.2 Å². The molecule has 0 atom stereocenters. The second-order valence-corrected chi connectivity index (χ2v) is 3.03. The number of pyridine rings is 1. The van der Waals surface area contributed by atoms with Gasteiger partial charge in [0.05, 0.1) is 12.6 Å². The lowest BCUT2D eigenvalue weighted by molar-refractivity contribution is 0.240. The third-order valence-corrected chi connectivity index (χ3v) is 2.05. The van der Waals surface area contributed by atoms with Crippen molar-refractivity contribution in [3.8, 4) is 5.88 Å². The Balaban J connectivity index is 3.00. The topological polar surface area (TPSA) is 62.6 Å². The Morgan fingerprint density at radius 2 is 2.07 bits per heavy atom. The zero-order valence-corrected chi connectivity index (χ0v) is 8.47. The van der Waals surface area contributed by atoms with Gasteiger partial charge < -0.3 is 14.9 Å². The van der Waals surface area contributed by atoms with Crippen molar-refractivity contribution in [3.05, 3.63) is 23.9 Å². The lowest BCUT2D eigenvalue weighted by Gasteiger charge is -2.14. The molecule has 2 N–H and O–H groups in total. The largest absolute Gasteiger partial charge is 0.481 e. The van der Waals surface area contributed by atoms with E-state index in [-0.39, 0.29) is 12.8 Å². The average Bonchev–Trinajstić information content (AvgIpc) is 2.24. The van der Waals surface area contributed by atoms with Gasteiger partial charge in [-0.3, -0.25) is 0 Å². The first kappa shape index (κ1) is 7.19. The van der Waals surface area contributed by atoms with Crippen LogP contribution in [0.1, 0.15) is 29.9 Å². The molecule has 0 aliphatic carbocycles. The summed E-state index contributed by atoms with van der Waals surface area (Å²) < 4.78 is 33.6. The highest BCUT2D eigenvalue weighted by Gasteiger charge is 2.12. The van der Waals surface area contributed by atoms with Crippen molar-refractivity contribution in [1.82, 2.24) is 4.98 Å². The van der Waals surface area contributed by atoms with E-state index < -0.39 is 19.0 Å². The van der Waals surface area contributed by atoms with Crippen LogP contribution in [0.3, 0.4) is 0 Å². The highest BCUT2D eigenvalue weighted by Crippen LogP contribution is 2.22. The molecule has 0 aliphatic heterocycles. The summed E-state index contributed by atoms with van der Waals surface area (Å²) in [5.74, 6) is -0.463. The minimum absolute atomic E-state index is 0.305. The Morgan fingerprint density at radius 1 is 1.40 bits per heavy atom. The number of hydrogen-bond acceptors (Lipinski definition) is 4. The van der Waals surface area contributed by atoms with Crippen molar-refractivity contribution >= 4 is 0 Å². The standard InChI is InChI=1S/C11H17NO3/c1-15-11-4-2-3-10(12-11)9(5-7-13)6-8-14/h2-4,9,13-14H,5-8H2,1H3/i7D2,8D2. The van der Waals surface area contributed by atoms with Gasteiger partial charge in [0.15, 0.2) is 0 Å².